The number of hydrogen-bond acceptors (Lipinski definition) is 5. The van der Waals surface area contributed by atoms with Gasteiger partial charge in [-0.3, -0.25) is 4.79 Å². The minimum Gasteiger partial charge on any atom is -0.345 e. The number of aryl methyl sites for hydroxylation is 1. The Morgan fingerprint density at radius 1 is 1.27 bits per heavy atom. The van der Waals surface area contributed by atoms with E-state index in [0.29, 0.717) is 5.91 Å². The number of amides is 1. The molecule has 3 heterocycles. The van der Waals surface area contributed by atoms with Crippen molar-refractivity contribution < 1.29 is 4.79 Å². The summed E-state index contributed by atoms with van der Waals surface area (Å²) in [6.45, 7) is 6.42. The minimum absolute atomic E-state index is 0. The lowest BCUT2D eigenvalue weighted by molar-refractivity contribution is -0.134. The number of rotatable bonds is 2. The first-order valence-electron chi connectivity index (χ1n) is 7.43. The molecule has 1 unspecified atom stereocenters. The van der Waals surface area contributed by atoms with Gasteiger partial charge in [0.25, 0.3) is 0 Å². The van der Waals surface area contributed by atoms with E-state index < -0.39 is 0 Å². The van der Waals surface area contributed by atoms with Gasteiger partial charge in [-0.1, -0.05) is 6.42 Å². The van der Waals surface area contributed by atoms with E-state index in [-0.39, 0.29) is 30.9 Å². The monoisotopic (exact) mass is 366 g/mol. The van der Waals surface area contributed by atoms with Gasteiger partial charge in [-0.15, -0.1) is 36.2 Å². The van der Waals surface area contributed by atoms with Gasteiger partial charge in [0, 0.05) is 31.6 Å². The first-order chi connectivity index (χ1) is 9.74. The maximum absolute atomic E-state index is 12.4. The Morgan fingerprint density at radius 3 is 2.55 bits per heavy atom. The van der Waals surface area contributed by atoms with Crippen LogP contribution >= 0.6 is 36.2 Å². The first-order valence-corrected chi connectivity index (χ1v) is 8.31. The molecule has 8 heteroatoms. The Bertz CT molecular complexity index is 471. The van der Waals surface area contributed by atoms with Gasteiger partial charge in [0.15, 0.2) is 5.13 Å². The maximum Gasteiger partial charge on any atom is 0.239 e. The fourth-order valence-corrected chi connectivity index (χ4v) is 3.74. The molecule has 1 N–H and O–H groups in total. The second kappa shape index (κ2) is 8.91. The SMILES string of the molecule is Cc1csc(N2CCN(C(=O)C3CCCCN3)CC2)n1.Cl.Cl. The smallest absolute Gasteiger partial charge is 0.239 e. The molecule has 126 valence electrons. The number of carbonyl (C=O) groups excluding carboxylic acids is 1. The molecule has 2 saturated heterocycles. The van der Waals surface area contributed by atoms with Crippen molar-refractivity contribution in [3.63, 3.8) is 0 Å². The Hall–Kier alpha value is -0.560. The second-order valence-corrected chi connectivity index (χ2v) is 6.42. The zero-order chi connectivity index (χ0) is 13.9. The van der Waals surface area contributed by atoms with Crippen LogP contribution in [0.4, 0.5) is 5.13 Å². The standard InChI is InChI=1S/C14H22N4OS.2ClH/c1-11-10-20-14(16-11)18-8-6-17(7-9-18)13(19)12-4-2-3-5-15-12;;/h10,12,15H,2-9H2,1H3;2*1H. The van der Waals surface area contributed by atoms with Gasteiger partial charge in [-0.05, 0) is 26.3 Å². The molecule has 1 aromatic heterocycles. The van der Waals surface area contributed by atoms with Gasteiger partial charge in [0.1, 0.15) is 0 Å². The van der Waals surface area contributed by atoms with Crippen LogP contribution in [-0.2, 0) is 4.79 Å². The molecule has 5 nitrogen and oxygen atoms in total. The predicted octanol–water partition coefficient (Wildman–Crippen LogP) is 2.09. The number of nitrogens with one attached hydrogen (secondary N) is 1. The molecule has 0 spiro atoms. The third-order valence-corrected chi connectivity index (χ3v) is 5.10. The molecule has 0 aromatic carbocycles. The average Bonchev–Trinajstić information content (AvgIpc) is 2.94. The topological polar surface area (TPSA) is 48.5 Å². The van der Waals surface area contributed by atoms with Crippen LogP contribution < -0.4 is 10.2 Å². The lowest BCUT2D eigenvalue weighted by Crippen LogP contribution is -2.55. The largest absolute Gasteiger partial charge is 0.345 e. The summed E-state index contributed by atoms with van der Waals surface area (Å²) in [6, 6.07) is 0.0532. The van der Waals surface area contributed by atoms with Gasteiger partial charge in [0.05, 0.1) is 11.7 Å². The molecular formula is C14H24Cl2N4OS. The van der Waals surface area contributed by atoms with Crippen LogP contribution in [0.15, 0.2) is 5.38 Å². The van der Waals surface area contributed by atoms with E-state index in [9.17, 15) is 4.79 Å². The number of nitrogens with zero attached hydrogens (tertiary/aromatic N) is 3. The van der Waals surface area contributed by atoms with Crippen LogP contribution in [-0.4, -0.2) is 54.6 Å². The van der Waals surface area contributed by atoms with Gasteiger partial charge in [-0.2, -0.15) is 0 Å². The molecule has 2 aliphatic heterocycles. The van der Waals surface area contributed by atoms with Crippen molar-refractivity contribution in [2.45, 2.75) is 32.2 Å². The number of carbonyl (C=O) groups is 1. The summed E-state index contributed by atoms with van der Waals surface area (Å²) in [5, 5.41) is 6.52. The molecule has 22 heavy (non-hydrogen) atoms. The van der Waals surface area contributed by atoms with Gasteiger partial charge in [-0.25, -0.2) is 4.98 Å². The highest BCUT2D eigenvalue weighted by Gasteiger charge is 2.28. The molecule has 3 rings (SSSR count). The van der Waals surface area contributed by atoms with Gasteiger partial charge < -0.3 is 15.1 Å². The first kappa shape index (κ1) is 19.5. The van der Waals surface area contributed by atoms with Crippen LogP contribution in [0.1, 0.15) is 25.0 Å². The van der Waals surface area contributed by atoms with Crippen molar-refractivity contribution in [3.8, 4) is 0 Å². The quantitative estimate of drug-likeness (QED) is 0.870. The normalized spacial score (nSPS) is 21.8. The van der Waals surface area contributed by atoms with E-state index in [4.69, 9.17) is 0 Å². The lowest BCUT2D eigenvalue weighted by atomic mass is 10.0. The fourth-order valence-electron chi connectivity index (χ4n) is 2.89. The molecule has 0 saturated carbocycles. The summed E-state index contributed by atoms with van der Waals surface area (Å²) in [5.41, 5.74) is 1.08. The van der Waals surface area contributed by atoms with E-state index in [2.05, 4.69) is 20.6 Å². The zero-order valence-electron chi connectivity index (χ0n) is 12.8. The van der Waals surface area contributed by atoms with Crippen molar-refractivity contribution in [2.75, 3.05) is 37.6 Å². The van der Waals surface area contributed by atoms with E-state index in [1.807, 2.05) is 11.8 Å². The van der Waals surface area contributed by atoms with Crippen molar-refractivity contribution in [1.29, 1.82) is 0 Å². The number of piperidine rings is 1. The van der Waals surface area contributed by atoms with Crippen molar-refractivity contribution in [3.05, 3.63) is 11.1 Å². The van der Waals surface area contributed by atoms with Crippen LogP contribution in [0.3, 0.4) is 0 Å². The third-order valence-electron chi connectivity index (χ3n) is 4.08. The minimum atomic E-state index is 0. The summed E-state index contributed by atoms with van der Waals surface area (Å²) in [5.74, 6) is 0.291. The fraction of sp³-hybridized carbons (Fsp3) is 0.714. The highest BCUT2D eigenvalue weighted by molar-refractivity contribution is 7.13. The number of hydrogen-bond donors (Lipinski definition) is 1. The van der Waals surface area contributed by atoms with Gasteiger partial charge >= 0.3 is 0 Å². The van der Waals surface area contributed by atoms with Crippen LogP contribution in [0.2, 0.25) is 0 Å². The third kappa shape index (κ3) is 4.47. The number of thiazole rings is 1. The van der Waals surface area contributed by atoms with Crippen molar-refractivity contribution >= 4 is 47.2 Å². The van der Waals surface area contributed by atoms with E-state index in [1.165, 1.54) is 12.8 Å². The Labute approximate surface area is 148 Å². The van der Waals surface area contributed by atoms with E-state index in [0.717, 1.165) is 50.0 Å². The second-order valence-electron chi connectivity index (χ2n) is 5.59. The maximum atomic E-state index is 12.4. The van der Waals surface area contributed by atoms with Crippen molar-refractivity contribution in [2.24, 2.45) is 0 Å². The highest BCUT2D eigenvalue weighted by Crippen LogP contribution is 2.21. The Balaban J connectivity index is 0.00000121. The van der Waals surface area contributed by atoms with Crippen molar-refractivity contribution in [1.82, 2.24) is 15.2 Å². The molecule has 0 bridgehead atoms. The molecule has 1 aromatic rings. The number of anilines is 1. The lowest BCUT2D eigenvalue weighted by Gasteiger charge is -2.37. The molecule has 1 amide bonds. The van der Waals surface area contributed by atoms with Crippen LogP contribution in [0.5, 0.6) is 0 Å². The molecule has 0 aliphatic carbocycles. The Morgan fingerprint density at radius 2 is 2.00 bits per heavy atom. The summed E-state index contributed by atoms with van der Waals surface area (Å²) in [4.78, 5) is 21.3. The molecule has 2 fully saturated rings. The van der Waals surface area contributed by atoms with E-state index >= 15 is 0 Å². The molecule has 1 atom stereocenters. The number of aromatic nitrogens is 1. The average molecular weight is 367 g/mol. The summed E-state index contributed by atoms with van der Waals surface area (Å²) >= 11 is 1.69. The highest BCUT2D eigenvalue weighted by atomic mass is 35.5. The molecule has 0 radical (unpaired) electrons. The summed E-state index contributed by atoms with van der Waals surface area (Å²) in [7, 11) is 0. The van der Waals surface area contributed by atoms with Gasteiger partial charge in [0.2, 0.25) is 5.91 Å². The molecular weight excluding hydrogens is 343 g/mol. The summed E-state index contributed by atoms with van der Waals surface area (Å²) in [6.07, 6.45) is 3.35. The zero-order valence-corrected chi connectivity index (χ0v) is 15.2. The number of halogens is 2. The van der Waals surface area contributed by atoms with Crippen LogP contribution in [0.25, 0.3) is 0 Å². The predicted molar refractivity (Wildman–Crippen MR) is 95.8 cm³/mol. The molecule has 2 aliphatic rings. The Kier molecular flexibility index (Phi) is 7.89. The van der Waals surface area contributed by atoms with Crippen LogP contribution in [0, 0.1) is 6.92 Å². The summed E-state index contributed by atoms with van der Waals surface area (Å²) < 4.78 is 0. The number of piperazine rings is 1. The van der Waals surface area contributed by atoms with E-state index in [1.54, 1.807) is 11.3 Å².